The second kappa shape index (κ2) is 10.3. The fraction of sp³-hybridized carbons (Fsp3) is 0.125. The Hall–Kier alpha value is -3.92. The summed E-state index contributed by atoms with van der Waals surface area (Å²) in [6, 6.07) is 19.4. The molecule has 174 valence electrons. The van der Waals surface area contributed by atoms with Crippen LogP contribution in [0.4, 0.5) is 14.5 Å². The Morgan fingerprint density at radius 1 is 1.03 bits per heavy atom. The van der Waals surface area contributed by atoms with Gasteiger partial charge in [-0.3, -0.25) is 14.2 Å². The smallest absolute Gasteiger partial charge is 0.387 e. The van der Waals surface area contributed by atoms with Crippen LogP contribution in [0.15, 0.2) is 82.7 Å². The van der Waals surface area contributed by atoms with Crippen molar-refractivity contribution in [3.8, 4) is 17.2 Å². The first-order valence-electron chi connectivity index (χ1n) is 10.1. The Labute approximate surface area is 197 Å². The number of aromatic nitrogens is 2. The van der Waals surface area contributed by atoms with E-state index in [0.29, 0.717) is 28.0 Å². The zero-order chi connectivity index (χ0) is 24.1. The van der Waals surface area contributed by atoms with Crippen LogP contribution in [0.25, 0.3) is 16.6 Å². The van der Waals surface area contributed by atoms with Gasteiger partial charge in [-0.25, -0.2) is 4.98 Å². The monoisotopic (exact) mass is 483 g/mol. The highest BCUT2D eigenvalue weighted by Crippen LogP contribution is 2.24. The summed E-state index contributed by atoms with van der Waals surface area (Å²) in [5, 5.41) is 3.46. The third kappa shape index (κ3) is 5.34. The standard InChI is InChI=1S/C24H19F2N3O4S/c1-32-17-10-6-15(7-11-17)27-21(30)14-34-24-28-20-5-3-2-4-19(20)22(31)29(24)16-8-12-18(13-9-16)33-23(25)26/h2-13,23H,14H2,1H3,(H,27,30). The van der Waals surface area contributed by atoms with Gasteiger partial charge < -0.3 is 14.8 Å². The van der Waals surface area contributed by atoms with Gasteiger partial charge in [0.15, 0.2) is 5.16 Å². The van der Waals surface area contributed by atoms with Crippen LogP contribution in [-0.4, -0.2) is 34.9 Å². The summed E-state index contributed by atoms with van der Waals surface area (Å²) in [4.78, 5) is 30.3. The Morgan fingerprint density at radius 2 is 1.71 bits per heavy atom. The molecule has 4 rings (SSSR count). The van der Waals surface area contributed by atoms with Crippen molar-refractivity contribution in [3.63, 3.8) is 0 Å². The molecule has 0 spiro atoms. The van der Waals surface area contributed by atoms with Crippen LogP contribution in [0.2, 0.25) is 0 Å². The van der Waals surface area contributed by atoms with E-state index in [2.05, 4.69) is 15.0 Å². The number of alkyl halides is 2. The Kier molecular flexibility index (Phi) is 7.07. The first-order chi connectivity index (χ1) is 16.4. The summed E-state index contributed by atoms with van der Waals surface area (Å²) in [7, 11) is 1.56. The number of rotatable bonds is 8. The molecule has 0 bridgehead atoms. The summed E-state index contributed by atoms with van der Waals surface area (Å²) < 4.78 is 35.8. The molecule has 0 aliphatic carbocycles. The lowest BCUT2D eigenvalue weighted by atomic mass is 10.2. The van der Waals surface area contributed by atoms with E-state index in [1.165, 1.54) is 28.8 Å². The van der Waals surface area contributed by atoms with Gasteiger partial charge in [0.1, 0.15) is 11.5 Å². The Morgan fingerprint density at radius 3 is 2.38 bits per heavy atom. The molecule has 1 N–H and O–H groups in total. The number of carbonyl (C=O) groups excluding carboxylic acids is 1. The van der Waals surface area contributed by atoms with Crippen molar-refractivity contribution in [2.24, 2.45) is 0 Å². The van der Waals surface area contributed by atoms with E-state index in [9.17, 15) is 18.4 Å². The van der Waals surface area contributed by atoms with Crippen molar-refractivity contribution in [2.75, 3.05) is 18.2 Å². The average Bonchev–Trinajstić information content (AvgIpc) is 2.84. The molecule has 7 nitrogen and oxygen atoms in total. The van der Waals surface area contributed by atoms with Gasteiger partial charge in [-0.1, -0.05) is 23.9 Å². The minimum Gasteiger partial charge on any atom is -0.497 e. The number of thioether (sulfide) groups is 1. The number of halogens is 2. The number of nitrogens with zero attached hydrogens (tertiary/aromatic N) is 2. The molecule has 1 amide bonds. The van der Waals surface area contributed by atoms with Gasteiger partial charge in [0, 0.05) is 5.69 Å². The lowest BCUT2D eigenvalue weighted by Gasteiger charge is -2.14. The molecular formula is C24H19F2N3O4S. The molecule has 0 saturated heterocycles. The molecule has 1 aromatic heterocycles. The van der Waals surface area contributed by atoms with Crippen LogP contribution in [0, 0.1) is 0 Å². The predicted octanol–water partition coefficient (Wildman–Crippen LogP) is 4.73. The molecule has 1 heterocycles. The maximum absolute atomic E-state index is 13.3. The first kappa shape index (κ1) is 23.2. The molecule has 0 atom stereocenters. The number of carbonyl (C=O) groups is 1. The molecule has 4 aromatic rings. The summed E-state index contributed by atoms with van der Waals surface area (Å²) in [5.74, 6) is 0.337. The van der Waals surface area contributed by atoms with Crippen LogP contribution in [0.1, 0.15) is 0 Å². The van der Waals surface area contributed by atoms with E-state index < -0.39 is 6.61 Å². The summed E-state index contributed by atoms with van der Waals surface area (Å²) in [6.45, 7) is -2.95. The van der Waals surface area contributed by atoms with Crippen molar-refractivity contribution in [2.45, 2.75) is 11.8 Å². The van der Waals surface area contributed by atoms with Gasteiger partial charge >= 0.3 is 6.61 Å². The summed E-state index contributed by atoms with van der Waals surface area (Å²) >= 11 is 1.08. The molecular weight excluding hydrogens is 464 g/mol. The number of hydrogen-bond acceptors (Lipinski definition) is 6. The zero-order valence-corrected chi connectivity index (χ0v) is 18.7. The quantitative estimate of drug-likeness (QED) is 0.288. The van der Waals surface area contributed by atoms with Crippen molar-refractivity contribution in [1.29, 1.82) is 0 Å². The number of para-hydroxylation sites is 1. The number of ether oxygens (including phenoxy) is 2. The number of methoxy groups -OCH3 is 1. The van der Waals surface area contributed by atoms with Crippen LogP contribution >= 0.6 is 11.8 Å². The molecule has 10 heteroatoms. The maximum atomic E-state index is 13.3. The normalized spacial score (nSPS) is 10.9. The highest BCUT2D eigenvalue weighted by Gasteiger charge is 2.15. The topological polar surface area (TPSA) is 82.5 Å². The van der Waals surface area contributed by atoms with E-state index in [1.54, 1.807) is 55.6 Å². The fourth-order valence-electron chi connectivity index (χ4n) is 3.22. The van der Waals surface area contributed by atoms with E-state index in [1.807, 2.05) is 0 Å². The Balaban J connectivity index is 1.61. The summed E-state index contributed by atoms with van der Waals surface area (Å²) in [5.41, 5.74) is 1.15. The number of fused-ring (bicyclic) bond motifs is 1. The molecule has 0 unspecified atom stereocenters. The second-order valence-electron chi connectivity index (χ2n) is 6.99. The van der Waals surface area contributed by atoms with E-state index in [-0.39, 0.29) is 28.1 Å². The molecule has 3 aromatic carbocycles. The molecule has 34 heavy (non-hydrogen) atoms. The number of benzene rings is 3. The maximum Gasteiger partial charge on any atom is 0.387 e. The van der Waals surface area contributed by atoms with Crippen molar-refractivity contribution < 1.29 is 23.0 Å². The summed E-state index contributed by atoms with van der Waals surface area (Å²) in [6.07, 6.45) is 0. The molecule has 0 aliphatic heterocycles. The highest BCUT2D eigenvalue weighted by atomic mass is 32.2. The van der Waals surface area contributed by atoms with E-state index in [0.717, 1.165) is 11.8 Å². The number of anilines is 1. The van der Waals surface area contributed by atoms with Gasteiger partial charge in [0.05, 0.1) is 29.5 Å². The van der Waals surface area contributed by atoms with Crippen LogP contribution in [0.5, 0.6) is 11.5 Å². The molecule has 0 radical (unpaired) electrons. The Bertz CT molecular complexity index is 1360. The molecule has 0 saturated carbocycles. The number of hydrogen-bond donors (Lipinski definition) is 1. The lowest BCUT2D eigenvalue weighted by molar-refractivity contribution is -0.113. The van der Waals surface area contributed by atoms with Gasteiger partial charge in [-0.05, 0) is 60.7 Å². The van der Waals surface area contributed by atoms with E-state index in [4.69, 9.17) is 4.74 Å². The van der Waals surface area contributed by atoms with Gasteiger partial charge in [0.2, 0.25) is 5.91 Å². The van der Waals surface area contributed by atoms with Crippen molar-refractivity contribution in [3.05, 3.63) is 83.2 Å². The zero-order valence-electron chi connectivity index (χ0n) is 17.9. The van der Waals surface area contributed by atoms with E-state index >= 15 is 0 Å². The van der Waals surface area contributed by atoms with Crippen molar-refractivity contribution in [1.82, 2.24) is 9.55 Å². The lowest BCUT2D eigenvalue weighted by Crippen LogP contribution is -2.23. The fourth-order valence-corrected chi connectivity index (χ4v) is 4.03. The number of nitrogens with one attached hydrogen (secondary N) is 1. The average molecular weight is 483 g/mol. The molecule has 0 fully saturated rings. The minimum atomic E-state index is -2.95. The second-order valence-corrected chi connectivity index (χ2v) is 7.93. The minimum absolute atomic E-state index is 0.0105. The first-order valence-corrected chi connectivity index (χ1v) is 11.1. The SMILES string of the molecule is COc1ccc(NC(=O)CSc2nc3ccccc3c(=O)n2-c2ccc(OC(F)F)cc2)cc1. The highest BCUT2D eigenvalue weighted by molar-refractivity contribution is 7.99. The van der Waals surface area contributed by atoms with Gasteiger partial charge in [-0.2, -0.15) is 8.78 Å². The third-order valence-corrected chi connectivity index (χ3v) is 5.71. The predicted molar refractivity (Wildman–Crippen MR) is 126 cm³/mol. The third-order valence-electron chi connectivity index (χ3n) is 4.77. The van der Waals surface area contributed by atoms with Crippen molar-refractivity contribution >= 4 is 34.3 Å². The number of amides is 1. The largest absolute Gasteiger partial charge is 0.497 e. The molecule has 0 aliphatic rings. The van der Waals surface area contributed by atoms with Crippen LogP contribution < -0.4 is 20.3 Å². The van der Waals surface area contributed by atoms with Crippen LogP contribution in [0.3, 0.4) is 0 Å². The van der Waals surface area contributed by atoms with Gasteiger partial charge in [-0.15, -0.1) is 0 Å². The van der Waals surface area contributed by atoms with Crippen LogP contribution in [-0.2, 0) is 4.79 Å². The van der Waals surface area contributed by atoms with Gasteiger partial charge in [0.25, 0.3) is 5.56 Å².